The van der Waals surface area contributed by atoms with Gasteiger partial charge < -0.3 is 10.1 Å². The summed E-state index contributed by atoms with van der Waals surface area (Å²) in [5.41, 5.74) is 1.63. The number of amides is 1. The standard InChI is InChI=1S/C24H30N2O4S/c1-30-21-10-8-20(9-11-21)24(14-2-3-15-24)18-25-23(27)19-6-12-22(13-7-19)31(28,29)26-16-4-5-17-26/h6-13H,2-5,14-18H2,1H3,(H,25,27). The predicted octanol–water partition coefficient (Wildman–Crippen LogP) is 3.72. The molecular weight excluding hydrogens is 412 g/mol. The lowest BCUT2D eigenvalue weighted by molar-refractivity contribution is 0.0943. The second-order valence-electron chi connectivity index (χ2n) is 8.53. The van der Waals surface area contributed by atoms with E-state index in [0.29, 0.717) is 25.2 Å². The second-order valence-corrected chi connectivity index (χ2v) is 10.5. The highest BCUT2D eigenvalue weighted by atomic mass is 32.2. The van der Waals surface area contributed by atoms with Gasteiger partial charge in [-0.3, -0.25) is 4.79 Å². The molecule has 2 aromatic carbocycles. The molecule has 31 heavy (non-hydrogen) atoms. The van der Waals surface area contributed by atoms with Crippen LogP contribution >= 0.6 is 0 Å². The van der Waals surface area contributed by atoms with Gasteiger partial charge in [-0.25, -0.2) is 8.42 Å². The Morgan fingerprint density at radius 1 is 0.968 bits per heavy atom. The van der Waals surface area contributed by atoms with Crippen LogP contribution in [-0.2, 0) is 15.4 Å². The Balaban J connectivity index is 1.44. The van der Waals surface area contributed by atoms with Crippen LogP contribution in [0, 0.1) is 0 Å². The molecule has 1 heterocycles. The van der Waals surface area contributed by atoms with Crippen LogP contribution in [0.5, 0.6) is 5.75 Å². The zero-order chi connectivity index (χ0) is 21.9. The van der Waals surface area contributed by atoms with E-state index in [1.165, 1.54) is 22.0 Å². The normalized spacial score (nSPS) is 18.7. The Hall–Kier alpha value is -2.38. The summed E-state index contributed by atoms with van der Waals surface area (Å²) in [5, 5.41) is 3.09. The van der Waals surface area contributed by atoms with Crippen LogP contribution in [-0.4, -0.2) is 45.4 Å². The molecule has 7 heteroatoms. The van der Waals surface area contributed by atoms with Gasteiger partial charge in [-0.05, 0) is 67.6 Å². The van der Waals surface area contributed by atoms with Crippen molar-refractivity contribution in [1.29, 1.82) is 0 Å². The maximum absolute atomic E-state index is 12.8. The van der Waals surface area contributed by atoms with Gasteiger partial charge in [0, 0.05) is 30.6 Å². The number of rotatable bonds is 7. The summed E-state index contributed by atoms with van der Waals surface area (Å²) in [6.07, 6.45) is 6.15. The number of carbonyl (C=O) groups excluding carboxylic acids is 1. The fraction of sp³-hybridized carbons (Fsp3) is 0.458. The molecule has 2 aromatic rings. The topological polar surface area (TPSA) is 75.7 Å². The van der Waals surface area contributed by atoms with E-state index in [2.05, 4.69) is 17.4 Å². The van der Waals surface area contributed by atoms with E-state index in [1.54, 1.807) is 19.2 Å². The lowest BCUT2D eigenvalue weighted by Crippen LogP contribution is -2.39. The molecule has 1 aliphatic carbocycles. The number of benzene rings is 2. The van der Waals surface area contributed by atoms with Crippen molar-refractivity contribution in [2.75, 3.05) is 26.7 Å². The minimum Gasteiger partial charge on any atom is -0.497 e. The average Bonchev–Trinajstić information content (AvgIpc) is 3.51. The van der Waals surface area contributed by atoms with Gasteiger partial charge in [0.1, 0.15) is 5.75 Å². The Kier molecular flexibility index (Phi) is 6.34. The van der Waals surface area contributed by atoms with Crippen molar-refractivity contribution >= 4 is 15.9 Å². The van der Waals surface area contributed by atoms with Crippen LogP contribution < -0.4 is 10.1 Å². The lowest BCUT2D eigenvalue weighted by atomic mass is 9.78. The van der Waals surface area contributed by atoms with Gasteiger partial charge in [-0.15, -0.1) is 0 Å². The van der Waals surface area contributed by atoms with Crippen LogP contribution in [0.25, 0.3) is 0 Å². The SMILES string of the molecule is COc1ccc(C2(CNC(=O)c3ccc(S(=O)(=O)N4CCCC4)cc3)CCCC2)cc1. The fourth-order valence-electron chi connectivity index (χ4n) is 4.77. The highest BCUT2D eigenvalue weighted by molar-refractivity contribution is 7.89. The maximum atomic E-state index is 12.8. The highest BCUT2D eigenvalue weighted by Crippen LogP contribution is 2.41. The third kappa shape index (κ3) is 4.48. The second kappa shape index (κ2) is 9.01. The summed E-state index contributed by atoms with van der Waals surface area (Å²) >= 11 is 0. The number of methoxy groups -OCH3 is 1. The van der Waals surface area contributed by atoms with Gasteiger partial charge in [0.2, 0.25) is 10.0 Å². The van der Waals surface area contributed by atoms with Gasteiger partial charge in [0.15, 0.2) is 0 Å². The predicted molar refractivity (Wildman–Crippen MR) is 120 cm³/mol. The van der Waals surface area contributed by atoms with Crippen molar-refractivity contribution in [1.82, 2.24) is 9.62 Å². The van der Waals surface area contributed by atoms with Gasteiger partial charge in [-0.2, -0.15) is 4.31 Å². The zero-order valence-electron chi connectivity index (χ0n) is 18.0. The van der Waals surface area contributed by atoms with Crippen molar-refractivity contribution in [2.24, 2.45) is 0 Å². The van der Waals surface area contributed by atoms with Crippen LogP contribution in [0.2, 0.25) is 0 Å². The number of nitrogens with one attached hydrogen (secondary N) is 1. The van der Waals surface area contributed by atoms with Gasteiger partial charge >= 0.3 is 0 Å². The number of sulfonamides is 1. The van der Waals surface area contributed by atoms with E-state index in [0.717, 1.165) is 44.3 Å². The molecule has 6 nitrogen and oxygen atoms in total. The van der Waals surface area contributed by atoms with Crippen molar-refractivity contribution in [2.45, 2.75) is 48.8 Å². The fourth-order valence-corrected chi connectivity index (χ4v) is 6.29. The molecule has 0 aromatic heterocycles. The molecule has 0 spiro atoms. The summed E-state index contributed by atoms with van der Waals surface area (Å²) in [7, 11) is -1.81. The molecule has 0 unspecified atom stereocenters. The third-order valence-electron chi connectivity index (χ3n) is 6.67. The minimum absolute atomic E-state index is 0.0685. The van der Waals surface area contributed by atoms with Crippen molar-refractivity contribution in [3.63, 3.8) is 0 Å². The molecule has 1 amide bonds. The van der Waals surface area contributed by atoms with E-state index in [9.17, 15) is 13.2 Å². The number of hydrogen-bond acceptors (Lipinski definition) is 4. The number of ether oxygens (including phenoxy) is 1. The van der Waals surface area contributed by atoms with E-state index in [1.807, 2.05) is 12.1 Å². The molecule has 166 valence electrons. The number of hydrogen-bond donors (Lipinski definition) is 1. The van der Waals surface area contributed by atoms with Crippen LogP contribution in [0.4, 0.5) is 0 Å². The molecule has 2 aliphatic rings. The zero-order valence-corrected chi connectivity index (χ0v) is 18.8. The maximum Gasteiger partial charge on any atom is 0.251 e. The quantitative estimate of drug-likeness (QED) is 0.709. The van der Waals surface area contributed by atoms with Crippen LogP contribution in [0.1, 0.15) is 54.4 Å². The molecule has 4 rings (SSSR count). The Morgan fingerprint density at radius 2 is 1.58 bits per heavy atom. The minimum atomic E-state index is -3.47. The summed E-state index contributed by atoms with van der Waals surface area (Å²) in [4.78, 5) is 13.0. The molecule has 0 bridgehead atoms. The molecule has 1 aliphatic heterocycles. The summed E-state index contributed by atoms with van der Waals surface area (Å²) < 4.78 is 32.1. The van der Waals surface area contributed by atoms with E-state index in [-0.39, 0.29) is 16.2 Å². The Bertz CT molecular complexity index is 1000. The molecular formula is C24H30N2O4S. The lowest BCUT2D eigenvalue weighted by Gasteiger charge is -2.30. The first-order valence-corrected chi connectivity index (χ1v) is 12.4. The van der Waals surface area contributed by atoms with Gasteiger partial charge in [-0.1, -0.05) is 25.0 Å². The van der Waals surface area contributed by atoms with Crippen molar-refractivity contribution in [3.8, 4) is 5.75 Å². The summed E-state index contributed by atoms with van der Waals surface area (Å²) in [6, 6.07) is 14.4. The number of nitrogens with zero attached hydrogens (tertiary/aromatic N) is 1. The smallest absolute Gasteiger partial charge is 0.251 e. The highest BCUT2D eigenvalue weighted by Gasteiger charge is 2.36. The van der Waals surface area contributed by atoms with Crippen molar-refractivity contribution < 1.29 is 17.9 Å². The molecule has 1 saturated heterocycles. The first-order valence-electron chi connectivity index (χ1n) is 11.0. The molecule has 0 radical (unpaired) electrons. The summed E-state index contributed by atoms with van der Waals surface area (Å²) in [6.45, 7) is 1.70. The van der Waals surface area contributed by atoms with Crippen LogP contribution in [0.3, 0.4) is 0 Å². The first kappa shape index (κ1) is 21.8. The Morgan fingerprint density at radius 3 is 2.16 bits per heavy atom. The van der Waals surface area contributed by atoms with Crippen LogP contribution in [0.15, 0.2) is 53.4 Å². The van der Waals surface area contributed by atoms with E-state index >= 15 is 0 Å². The average molecular weight is 443 g/mol. The van der Waals surface area contributed by atoms with E-state index in [4.69, 9.17) is 4.74 Å². The summed E-state index contributed by atoms with van der Waals surface area (Å²) in [5.74, 6) is 0.648. The van der Waals surface area contributed by atoms with Gasteiger partial charge in [0.05, 0.1) is 12.0 Å². The monoisotopic (exact) mass is 442 g/mol. The number of carbonyl (C=O) groups is 1. The molecule has 0 atom stereocenters. The Labute approximate surface area is 184 Å². The van der Waals surface area contributed by atoms with E-state index < -0.39 is 10.0 Å². The van der Waals surface area contributed by atoms with Gasteiger partial charge in [0.25, 0.3) is 5.91 Å². The third-order valence-corrected chi connectivity index (χ3v) is 8.58. The molecule has 1 N–H and O–H groups in total. The molecule has 2 fully saturated rings. The molecule has 1 saturated carbocycles. The first-order chi connectivity index (χ1) is 14.9. The largest absolute Gasteiger partial charge is 0.497 e. The van der Waals surface area contributed by atoms with Crippen molar-refractivity contribution in [3.05, 3.63) is 59.7 Å².